The minimum atomic E-state index is -1.15. The molecular formula is C19H22N2O4. The molecule has 1 atom stereocenters. The second-order valence-electron chi connectivity index (χ2n) is 6.67. The lowest BCUT2D eigenvalue weighted by Gasteiger charge is -2.22. The molecule has 6 nitrogen and oxygen atoms in total. The van der Waals surface area contributed by atoms with Gasteiger partial charge < -0.3 is 15.5 Å². The smallest absolute Gasteiger partial charge is 0.325 e. The number of hydrogen-bond donors (Lipinski definition) is 3. The molecule has 1 fully saturated rings. The molecule has 1 heterocycles. The highest BCUT2D eigenvalue weighted by Gasteiger charge is 2.21. The van der Waals surface area contributed by atoms with Crippen molar-refractivity contribution in [3.63, 3.8) is 0 Å². The van der Waals surface area contributed by atoms with Crippen LogP contribution in [0, 0.1) is 0 Å². The van der Waals surface area contributed by atoms with E-state index >= 15 is 0 Å². The van der Waals surface area contributed by atoms with E-state index in [4.69, 9.17) is 5.11 Å². The number of pyridine rings is 1. The molecule has 0 bridgehead atoms. The Bertz CT molecular complexity index is 812. The molecule has 6 heteroatoms. The van der Waals surface area contributed by atoms with Crippen molar-refractivity contribution in [1.29, 1.82) is 0 Å². The van der Waals surface area contributed by atoms with Crippen molar-refractivity contribution >= 4 is 22.6 Å². The summed E-state index contributed by atoms with van der Waals surface area (Å²) in [4.78, 5) is 27.0. The van der Waals surface area contributed by atoms with Gasteiger partial charge in [-0.15, -0.1) is 0 Å². The predicted octanol–water partition coefficient (Wildman–Crippen LogP) is 3.19. The van der Waals surface area contributed by atoms with Gasteiger partial charge in [-0.3, -0.25) is 9.59 Å². The van der Waals surface area contributed by atoms with Crippen molar-refractivity contribution in [3.05, 3.63) is 35.7 Å². The Morgan fingerprint density at radius 3 is 2.64 bits per heavy atom. The summed E-state index contributed by atoms with van der Waals surface area (Å²) in [5.41, 5.74) is 1.08. The second kappa shape index (κ2) is 7.09. The molecule has 3 N–H and O–H groups in total. The molecule has 1 saturated carbocycles. The number of carboxylic acids is 1. The molecular weight excluding hydrogens is 320 g/mol. The molecule has 1 aromatic heterocycles. The molecule has 1 amide bonds. The zero-order chi connectivity index (χ0) is 18.0. The molecule has 0 aliphatic heterocycles. The van der Waals surface area contributed by atoms with Gasteiger partial charge in [0.05, 0.1) is 0 Å². The summed E-state index contributed by atoms with van der Waals surface area (Å²) in [7, 11) is 0. The number of fused-ring (bicyclic) bond motifs is 1. The average Bonchev–Trinajstić information content (AvgIpc) is 2.62. The number of aliphatic carboxylic acids is 1. The first kappa shape index (κ1) is 17.2. The van der Waals surface area contributed by atoms with Crippen LogP contribution in [0.1, 0.15) is 61.0 Å². The topological polar surface area (TPSA) is 99.5 Å². The van der Waals surface area contributed by atoms with Crippen LogP contribution in [0.4, 0.5) is 0 Å². The minimum Gasteiger partial charge on any atom is -0.505 e. The molecule has 3 rings (SSSR count). The highest BCUT2D eigenvalue weighted by molar-refractivity contribution is 6.02. The molecule has 1 aromatic carbocycles. The summed E-state index contributed by atoms with van der Waals surface area (Å²) in [6.07, 6.45) is 7.69. The first-order valence-corrected chi connectivity index (χ1v) is 8.62. The number of aromatic hydroxyl groups is 1. The van der Waals surface area contributed by atoms with Gasteiger partial charge in [-0.1, -0.05) is 31.4 Å². The van der Waals surface area contributed by atoms with Gasteiger partial charge in [0.2, 0.25) is 0 Å². The van der Waals surface area contributed by atoms with Crippen LogP contribution >= 0.6 is 0 Å². The van der Waals surface area contributed by atoms with Gasteiger partial charge >= 0.3 is 5.97 Å². The number of amides is 1. The lowest BCUT2D eigenvalue weighted by atomic mass is 9.83. The minimum absolute atomic E-state index is 0.161. The molecule has 2 aromatic rings. The van der Waals surface area contributed by atoms with Crippen LogP contribution in [-0.2, 0) is 4.79 Å². The van der Waals surface area contributed by atoms with Gasteiger partial charge in [-0.05, 0) is 37.3 Å². The van der Waals surface area contributed by atoms with Crippen molar-refractivity contribution in [1.82, 2.24) is 10.3 Å². The fourth-order valence-electron chi connectivity index (χ4n) is 3.41. The summed E-state index contributed by atoms with van der Waals surface area (Å²) in [5, 5.41) is 22.9. The Kier molecular flexibility index (Phi) is 4.88. The number of aromatic nitrogens is 1. The number of carbonyl (C=O) groups excluding carboxylic acids is 1. The van der Waals surface area contributed by atoms with Gasteiger partial charge in [-0.25, -0.2) is 4.98 Å². The Hall–Kier alpha value is -2.63. The summed E-state index contributed by atoms with van der Waals surface area (Å²) < 4.78 is 0. The summed E-state index contributed by atoms with van der Waals surface area (Å²) in [6.45, 7) is 1.36. The Morgan fingerprint density at radius 2 is 1.96 bits per heavy atom. The monoisotopic (exact) mass is 342 g/mol. The SMILES string of the molecule is CC(NC(=O)c1ncc2cc(C3CCCCC3)ccc2c1O)C(=O)O. The van der Waals surface area contributed by atoms with Crippen LogP contribution < -0.4 is 5.32 Å². The van der Waals surface area contributed by atoms with E-state index in [2.05, 4.69) is 10.3 Å². The van der Waals surface area contributed by atoms with E-state index in [-0.39, 0.29) is 11.4 Å². The number of benzene rings is 1. The number of carbonyl (C=O) groups is 2. The molecule has 1 aliphatic carbocycles. The fraction of sp³-hybridized carbons (Fsp3) is 0.421. The fourth-order valence-corrected chi connectivity index (χ4v) is 3.41. The van der Waals surface area contributed by atoms with Crippen molar-refractivity contribution in [2.24, 2.45) is 0 Å². The Labute approximate surface area is 145 Å². The Balaban J connectivity index is 1.89. The summed E-state index contributed by atoms with van der Waals surface area (Å²) in [6, 6.07) is 4.78. The third kappa shape index (κ3) is 3.57. The average molecular weight is 342 g/mol. The summed E-state index contributed by atoms with van der Waals surface area (Å²) >= 11 is 0. The maximum Gasteiger partial charge on any atom is 0.325 e. The molecule has 1 unspecified atom stereocenters. The van der Waals surface area contributed by atoms with E-state index in [9.17, 15) is 14.7 Å². The van der Waals surface area contributed by atoms with Gasteiger partial charge in [0.1, 0.15) is 6.04 Å². The van der Waals surface area contributed by atoms with E-state index in [1.807, 2.05) is 18.2 Å². The van der Waals surface area contributed by atoms with Crippen molar-refractivity contribution < 1.29 is 19.8 Å². The number of rotatable bonds is 4. The second-order valence-corrected chi connectivity index (χ2v) is 6.67. The van der Waals surface area contributed by atoms with E-state index in [1.165, 1.54) is 44.6 Å². The number of nitrogens with one attached hydrogen (secondary N) is 1. The maximum atomic E-state index is 12.1. The third-order valence-electron chi connectivity index (χ3n) is 4.90. The Morgan fingerprint density at radius 1 is 1.24 bits per heavy atom. The van der Waals surface area contributed by atoms with E-state index < -0.39 is 17.9 Å². The predicted molar refractivity (Wildman–Crippen MR) is 93.8 cm³/mol. The molecule has 132 valence electrons. The normalized spacial score (nSPS) is 16.5. The molecule has 0 spiro atoms. The van der Waals surface area contributed by atoms with E-state index in [0.29, 0.717) is 11.3 Å². The van der Waals surface area contributed by atoms with Gasteiger partial charge in [0, 0.05) is 17.0 Å². The first-order chi connectivity index (χ1) is 12.0. The highest BCUT2D eigenvalue weighted by Crippen LogP contribution is 2.35. The van der Waals surface area contributed by atoms with Crippen LogP contribution in [0.5, 0.6) is 5.75 Å². The first-order valence-electron chi connectivity index (χ1n) is 8.62. The molecule has 25 heavy (non-hydrogen) atoms. The maximum absolute atomic E-state index is 12.1. The van der Waals surface area contributed by atoms with Gasteiger partial charge in [0.15, 0.2) is 11.4 Å². The van der Waals surface area contributed by atoms with Crippen LogP contribution in [0.15, 0.2) is 24.4 Å². The quantitative estimate of drug-likeness (QED) is 0.792. The van der Waals surface area contributed by atoms with Crippen LogP contribution in [0.2, 0.25) is 0 Å². The lowest BCUT2D eigenvalue weighted by Crippen LogP contribution is -2.38. The standard InChI is InChI=1S/C19H22N2O4/c1-11(19(24)25)21-18(23)16-17(22)15-8-7-13(9-14(15)10-20-16)12-5-3-2-4-6-12/h7-12,22H,2-6H2,1H3,(H,21,23)(H,24,25). The van der Waals surface area contributed by atoms with Gasteiger partial charge in [0.25, 0.3) is 5.91 Å². The highest BCUT2D eigenvalue weighted by atomic mass is 16.4. The number of nitrogens with zero attached hydrogens (tertiary/aromatic N) is 1. The molecule has 0 saturated heterocycles. The van der Waals surface area contributed by atoms with Crippen LogP contribution in [0.3, 0.4) is 0 Å². The van der Waals surface area contributed by atoms with Crippen LogP contribution in [0.25, 0.3) is 10.8 Å². The van der Waals surface area contributed by atoms with Gasteiger partial charge in [-0.2, -0.15) is 0 Å². The zero-order valence-corrected chi connectivity index (χ0v) is 14.2. The lowest BCUT2D eigenvalue weighted by molar-refractivity contribution is -0.138. The zero-order valence-electron chi connectivity index (χ0n) is 14.2. The van der Waals surface area contributed by atoms with Crippen LogP contribution in [-0.4, -0.2) is 33.1 Å². The largest absolute Gasteiger partial charge is 0.505 e. The van der Waals surface area contributed by atoms with Crippen molar-refractivity contribution in [2.75, 3.05) is 0 Å². The molecule has 0 radical (unpaired) electrons. The summed E-state index contributed by atoms with van der Waals surface area (Å²) in [5.74, 6) is -1.53. The third-order valence-corrected chi connectivity index (χ3v) is 4.90. The van der Waals surface area contributed by atoms with E-state index in [0.717, 1.165) is 5.39 Å². The van der Waals surface area contributed by atoms with Crippen molar-refractivity contribution in [3.8, 4) is 5.75 Å². The molecule has 1 aliphatic rings. The van der Waals surface area contributed by atoms with E-state index in [1.54, 1.807) is 6.20 Å². The number of hydrogen-bond acceptors (Lipinski definition) is 4. The number of carboxylic acid groups (broad SMARTS) is 1. The van der Waals surface area contributed by atoms with Crippen molar-refractivity contribution in [2.45, 2.75) is 51.0 Å².